The minimum atomic E-state index is -1.89. The molecule has 0 aliphatic carbocycles. The van der Waals surface area contributed by atoms with Gasteiger partial charge >= 0.3 is 0 Å². The van der Waals surface area contributed by atoms with Crippen LogP contribution in [-0.4, -0.2) is 11.9 Å². The first-order valence-electron chi connectivity index (χ1n) is 4.20. The van der Waals surface area contributed by atoms with Gasteiger partial charge < -0.3 is 19.8 Å². The van der Waals surface area contributed by atoms with E-state index < -0.39 is 29.2 Å². The molecule has 0 unspecified atom stereocenters. The van der Waals surface area contributed by atoms with Gasteiger partial charge in [-0.05, 0) is 11.8 Å². The lowest BCUT2D eigenvalue weighted by Gasteiger charge is -2.42. The summed E-state index contributed by atoms with van der Waals surface area (Å²) in [6, 6.07) is 0. The fourth-order valence-corrected chi connectivity index (χ4v) is 1.69. The largest absolute Gasteiger partial charge is 0.549 e. The van der Waals surface area contributed by atoms with Crippen LogP contribution in [0.4, 0.5) is 0 Å². The fourth-order valence-electron chi connectivity index (χ4n) is 1.69. The van der Waals surface area contributed by atoms with Crippen molar-refractivity contribution in [3.05, 3.63) is 0 Å². The van der Waals surface area contributed by atoms with Crippen molar-refractivity contribution in [1.29, 1.82) is 0 Å². The number of hydrogen-bond donors (Lipinski definition) is 0. The summed E-state index contributed by atoms with van der Waals surface area (Å²) >= 11 is 0. The molecule has 0 heterocycles. The van der Waals surface area contributed by atoms with E-state index in [1.165, 1.54) is 27.7 Å². The summed E-state index contributed by atoms with van der Waals surface area (Å²) in [5, 5.41) is 21.6. The van der Waals surface area contributed by atoms with Gasteiger partial charge in [0.2, 0.25) is 0 Å². The molecule has 76 valence electrons. The van der Waals surface area contributed by atoms with E-state index in [2.05, 4.69) is 0 Å². The second-order valence-electron chi connectivity index (χ2n) is 3.75. The molecule has 0 saturated carbocycles. The van der Waals surface area contributed by atoms with E-state index in [9.17, 15) is 19.8 Å². The molecule has 13 heavy (non-hydrogen) atoms. The zero-order valence-electron chi connectivity index (χ0n) is 8.29. The Morgan fingerprint density at radius 3 is 1.15 bits per heavy atom. The zero-order valence-corrected chi connectivity index (χ0v) is 8.29. The van der Waals surface area contributed by atoms with Crippen LogP contribution in [-0.2, 0) is 9.59 Å². The maximum Gasteiger partial charge on any atom is 0.0540 e. The first-order chi connectivity index (χ1) is 5.77. The summed E-state index contributed by atoms with van der Waals surface area (Å²) in [5.41, 5.74) is -1.89. The second kappa shape index (κ2) is 3.77. The highest BCUT2D eigenvalue weighted by molar-refractivity contribution is 5.96. The average molecular weight is 186 g/mol. The van der Waals surface area contributed by atoms with Crippen molar-refractivity contribution in [2.24, 2.45) is 17.3 Å². The highest BCUT2D eigenvalue weighted by Gasteiger charge is 2.40. The Labute approximate surface area is 77.6 Å². The molecule has 0 aromatic carbocycles. The van der Waals surface area contributed by atoms with E-state index in [0.29, 0.717) is 0 Å². The number of carbonyl (C=O) groups excluding carboxylic acids is 2. The molecule has 4 heteroatoms. The van der Waals surface area contributed by atoms with Crippen LogP contribution in [0.3, 0.4) is 0 Å². The Kier molecular flexibility index (Phi) is 3.46. The molecule has 0 bridgehead atoms. The SMILES string of the molecule is CC(C)C(C(=O)[O-])(C(=O)[O-])C(C)C. The van der Waals surface area contributed by atoms with Crippen molar-refractivity contribution in [3.8, 4) is 0 Å². The van der Waals surface area contributed by atoms with Gasteiger partial charge in [-0.1, -0.05) is 27.7 Å². The third kappa shape index (κ3) is 1.66. The van der Waals surface area contributed by atoms with Gasteiger partial charge in [0.25, 0.3) is 0 Å². The maximum atomic E-state index is 10.8. The normalized spacial score (nSPS) is 12.2. The molecule has 4 nitrogen and oxygen atoms in total. The van der Waals surface area contributed by atoms with E-state index in [0.717, 1.165) is 0 Å². The maximum absolute atomic E-state index is 10.8. The molecule has 0 rings (SSSR count). The molecule has 0 aromatic rings. The van der Waals surface area contributed by atoms with Crippen LogP contribution in [0.1, 0.15) is 27.7 Å². The molecule has 0 spiro atoms. The Morgan fingerprint density at radius 2 is 1.15 bits per heavy atom. The molecule has 0 atom stereocenters. The fraction of sp³-hybridized carbons (Fsp3) is 0.778. The summed E-state index contributed by atoms with van der Waals surface area (Å²) in [6.45, 7) is 6.13. The minimum Gasteiger partial charge on any atom is -0.549 e. The van der Waals surface area contributed by atoms with Gasteiger partial charge in [-0.25, -0.2) is 0 Å². The molecule has 0 fully saturated rings. The zero-order chi connectivity index (χ0) is 10.8. The summed E-state index contributed by atoms with van der Waals surface area (Å²) in [7, 11) is 0. The van der Waals surface area contributed by atoms with Crippen LogP contribution in [0, 0.1) is 17.3 Å². The third-order valence-corrected chi connectivity index (χ3v) is 2.50. The number of carbonyl (C=O) groups is 2. The van der Waals surface area contributed by atoms with Crippen molar-refractivity contribution in [2.75, 3.05) is 0 Å². The Balaban J connectivity index is 5.32. The van der Waals surface area contributed by atoms with Crippen LogP contribution in [0.5, 0.6) is 0 Å². The van der Waals surface area contributed by atoms with Crippen molar-refractivity contribution in [1.82, 2.24) is 0 Å². The highest BCUT2D eigenvalue weighted by atomic mass is 16.4. The van der Waals surface area contributed by atoms with Gasteiger partial charge in [-0.2, -0.15) is 0 Å². The summed E-state index contributed by atoms with van der Waals surface area (Å²) < 4.78 is 0. The van der Waals surface area contributed by atoms with Crippen LogP contribution in [0.15, 0.2) is 0 Å². The Bertz CT molecular complexity index is 194. The van der Waals surface area contributed by atoms with Crippen molar-refractivity contribution in [2.45, 2.75) is 27.7 Å². The van der Waals surface area contributed by atoms with Gasteiger partial charge in [-0.3, -0.25) is 0 Å². The van der Waals surface area contributed by atoms with Crippen LogP contribution >= 0.6 is 0 Å². The summed E-state index contributed by atoms with van der Waals surface area (Å²) in [5.74, 6) is -4.25. The predicted octanol–water partition coefficient (Wildman–Crippen LogP) is -1.22. The quantitative estimate of drug-likeness (QED) is 0.516. The smallest absolute Gasteiger partial charge is 0.0540 e. The van der Waals surface area contributed by atoms with Crippen molar-refractivity contribution in [3.63, 3.8) is 0 Å². The standard InChI is InChI=1S/C9H16O4/c1-5(2)9(6(3)4,7(10)11)8(12)13/h5-6H,1-4H3,(H,10,11)(H,12,13)/p-2. The number of aliphatic carboxylic acids is 2. The number of carboxylic acid groups (broad SMARTS) is 2. The molecular weight excluding hydrogens is 172 g/mol. The van der Waals surface area contributed by atoms with Gasteiger partial charge in [0.05, 0.1) is 17.4 Å². The van der Waals surface area contributed by atoms with Crippen molar-refractivity contribution >= 4 is 11.9 Å². The molecule has 0 amide bonds. The lowest BCUT2D eigenvalue weighted by atomic mass is 9.69. The first kappa shape index (κ1) is 11.9. The van der Waals surface area contributed by atoms with E-state index in [1.807, 2.05) is 0 Å². The minimum absolute atomic E-state index is 0.553. The lowest BCUT2D eigenvalue weighted by Crippen LogP contribution is -2.59. The Morgan fingerprint density at radius 1 is 0.923 bits per heavy atom. The van der Waals surface area contributed by atoms with Gasteiger partial charge in [0.15, 0.2) is 0 Å². The van der Waals surface area contributed by atoms with E-state index >= 15 is 0 Å². The van der Waals surface area contributed by atoms with E-state index in [-0.39, 0.29) is 0 Å². The molecule has 0 aliphatic rings. The third-order valence-electron chi connectivity index (χ3n) is 2.50. The average Bonchev–Trinajstić information content (AvgIpc) is 1.82. The number of rotatable bonds is 4. The van der Waals surface area contributed by atoms with Crippen LogP contribution < -0.4 is 10.2 Å². The first-order valence-corrected chi connectivity index (χ1v) is 4.20. The van der Waals surface area contributed by atoms with Gasteiger partial charge in [-0.15, -0.1) is 0 Å². The molecule has 0 radical (unpaired) electrons. The molecule has 0 aromatic heterocycles. The lowest BCUT2D eigenvalue weighted by molar-refractivity contribution is -0.349. The van der Waals surface area contributed by atoms with Crippen molar-refractivity contribution < 1.29 is 19.8 Å². The van der Waals surface area contributed by atoms with Crippen LogP contribution in [0.2, 0.25) is 0 Å². The second-order valence-corrected chi connectivity index (χ2v) is 3.75. The van der Waals surface area contributed by atoms with E-state index in [4.69, 9.17) is 0 Å². The number of hydrogen-bond acceptors (Lipinski definition) is 4. The summed E-state index contributed by atoms with van der Waals surface area (Å²) in [6.07, 6.45) is 0. The number of carboxylic acids is 2. The molecule has 0 aliphatic heterocycles. The molecule has 0 saturated heterocycles. The molecule has 0 N–H and O–H groups in total. The predicted molar refractivity (Wildman–Crippen MR) is 42.1 cm³/mol. The van der Waals surface area contributed by atoms with Gasteiger partial charge in [0, 0.05) is 0 Å². The monoisotopic (exact) mass is 186 g/mol. The summed E-state index contributed by atoms with van der Waals surface area (Å²) in [4.78, 5) is 21.6. The van der Waals surface area contributed by atoms with Gasteiger partial charge in [0.1, 0.15) is 0 Å². The Hall–Kier alpha value is -1.06. The highest BCUT2D eigenvalue weighted by Crippen LogP contribution is 2.34. The van der Waals surface area contributed by atoms with E-state index in [1.54, 1.807) is 0 Å². The topological polar surface area (TPSA) is 80.3 Å². The molecular formula is C9H14O4-2. The van der Waals surface area contributed by atoms with Crippen LogP contribution in [0.25, 0.3) is 0 Å².